The molecule has 7 amide bonds. The zero-order chi connectivity index (χ0) is 37.2. The first kappa shape index (κ1) is 40.7. The zero-order valence-electron chi connectivity index (χ0n) is 31.0. The number of imide groups is 1. The summed E-state index contributed by atoms with van der Waals surface area (Å²) < 4.78 is 0. The Hall–Kier alpha value is -3.77. The van der Waals surface area contributed by atoms with Gasteiger partial charge in [0.25, 0.3) is 5.91 Å². The Kier molecular flexibility index (Phi) is 15.0. The van der Waals surface area contributed by atoms with Crippen molar-refractivity contribution in [1.82, 2.24) is 31.1 Å². The summed E-state index contributed by atoms with van der Waals surface area (Å²) in [6, 6.07) is -4.00. The van der Waals surface area contributed by atoms with Crippen LogP contribution in [-0.4, -0.2) is 95.0 Å². The Labute approximate surface area is 297 Å². The summed E-state index contributed by atoms with van der Waals surface area (Å²) in [5.74, 6) is -3.23. The average molecular weight is 701 g/mol. The summed E-state index contributed by atoms with van der Waals surface area (Å²) in [6.07, 6.45) is 8.25. The molecule has 0 aromatic rings. The fourth-order valence-corrected chi connectivity index (χ4v) is 7.41. The van der Waals surface area contributed by atoms with E-state index in [1.165, 1.54) is 11.0 Å². The second kappa shape index (κ2) is 18.5. The van der Waals surface area contributed by atoms with E-state index in [-0.39, 0.29) is 67.8 Å². The largest absolute Gasteiger partial charge is 0.346 e. The van der Waals surface area contributed by atoms with Gasteiger partial charge in [-0.05, 0) is 55.3 Å². The third kappa shape index (κ3) is 10.6. The summed E-state index contributed by atoms with van der Waals surface area (Å²) >= 11 is 0. The molecule has 2 aliphatic heterocycles. The van der Waals surface area contributed by atoms with E-state index in [0.29, 0.717) is 25.8 Å². The van der Waals surface area contributed by atoms with Crippen LogP contribution >= 0.6 is 0 Å². The van der Waals surface area contributed by atoms with E-state index in [9.17, 15) is 33.6 Å². The second-order valence-electron chi connectivity index (χ2n) is 15.5. The number of carbonyl (C=O) groups excluding carboxylic acids is 7. The lowest BCUT2D eigenvalue weighted by atomic mass is 9.82. The Balaban J connectivity index is 1.86. The number of piperidine rings is 1. The molecule has 5 atom stereocenters. The molecule has 0 aromatic heterocycles. The maximum absolute atomic E-state index is 14.6. The van der Waals surface area contributed by atoms with Gasteiger partial charge >= 0.3 is 6.03 Å². The smallest absolute Gasteiger partial charge is 0.315 e. The number of nitrogens with one attached hydrogen (secondary N) is 4. The molecule has 2 unspecified atom stereocenters. The molecule has 50 heavy (non-hydrogen) atoms. The van der Waals surface area contributed by atoms with Crippen molar-refractivity contribution in [2.75, 3.05) is 19.6 Å². The van der Waals surface area contributed by atoms with Gasteiger partial charge in [-0.3, -0.25) is 33.7 Å². The van der Waals surface area contributed by atoms with Gasteiger partial charge in [0.1, 0.15) is 12.1 Å². The van der Waals surface area contributed by atoms with E-state index in [1.54, 1.807) is 4.90 Å². The average Bonchev–Trinajstić information content (AvgIpc) is 3.52. The fraction of sp³-hybridized carbons (Fsp3) is 0.757. The molecule has 0 radical (unpaired) electrons. The van der Waals surface area contributed by atoms with E-state index in [1.807, 2.05) is 41.5 Å². The highest BCUT2D eigenvalue weighted by molar-refractivity contribution is 6.38. The first-order valence-electron chi connectivity index (χ1n) is 18.5. The van der Waals surface area contributed by atoms with Gasteiger partial charge in [0.05, 0.1) is 12.1 Å². The number of hydrogen-bond donors (Lipinski definition) is 4. The van der Waals surface area contributed by atoms with Gasteiger partial charge in [-0.1, -0.05) is 73.3 Å². The number of likely N-dealkylation sites (tertiary alicyclic amines) is 2. The summed E-state index contributed by atoms with van der Waals surface area (Å²) in [4.78, 5) is 95.9. The van der Waals surface area contributed by atoms with Crippen molar-refractivity contribution in [3.63, 3.8) is 0 Å². The van der Waals surface area contributed by atoms with Gasteiger partial charge in [-0.2, -0.15) is 0 Å². The van der Waals surface area contributed by atoms with E-state index in [4.69, 9.17) is 0 Å². The normalized spacial score (nSPS) is 22.1. The molecular formula is C37H60N6O7. The van der Waals surface area contributed by atoms with Gasteiger partial charge in [0.15, 0.2) is 0 Å². The van der Waals surface area contributed by atoms with Crippen LogP contribution in [0.2, 0.25) is 0 Å². The van der Waals surface area contributed by atoms with Crippen LogP contribution in [0.15, 0.2) is 12.7 Å². The number of rotatable bonds is 15. The zero-order valence-corrected chi connectivity index (χ0v) is 31.0. The molecule has 0 aromatic carbocycles. The third-order valence-electron chi connectivity index (χ3n) is 10.5. The summed E-state index contributed by atoms with van der Waals surface area (Å²) in [5, 5.41) is 11.2. The Morgan fingerprint density at radius 1 is 0.920 bits per heavy atom. The quantitative estimate of drug-likeness (QED) is 0.115. The first-order valence-corrected chi connectivity index (χ1v) is 18.5. The maximum Gasteiger partial charge on any atom is 0.315 e. The molecule has 2 heterocycles. The van der Waals surface area contributed by atoms with Crippen LogP contribution in [0.3, 0.4) is 0 Å². The lowest BCUT2D eigenvalue weighted by molar-refractivity contribution is -0.148. The van der Waals surface area contributed by atoms with E-state index < -0.39 is 53.2 Å². The van der Waals surface area contributed by atoms with Crippen LogP contribution in [0, 0.1) is 23.2 Å². The minimum atomic E-state index is -1.05. The molecule has 0 spiro atoms. The van der Waals surface area contributed by atoms with Crippen LogP contribution in [0.5, 0.6) is 0 Å². The highest BCUT2D eigenvalue weighted by Crippen LogP contribution is 2.34. The monoisotopic (exact) mass is 700 g/mol. The van der Waals surface area contributed by atoms with Crippen molar-refractivity contribution < 1.29 is 33.6 Å². The minimum Gasteiger partial charge on any atom is -0.346 e. The summed E-state index contributed by atoms with van der Waals surface area (Å²) in [5.41, 5.74) is -0.517. The molecule has 1 aliphatic carbocycles. The lowest BCUT2D eigenvalue weighted by Gasteiger charge is -2.38. The number of Topliss-reactive ketones (excluding diaryl/α,β-unsaturated/α-hetero) is 1. The number of carbonyl (C=O) groups is 7. The van der Waals surface area contributed by atoms with Crippen molar-refractivity contribution in [1.29, 1.82) is 0 Å². The molecule has 13 nitrogen and oxygen atoms in total. The number of urea groups is 1. The molecule has 0 bridgehead atoms. The fourth-order valence-electron chi connectivity index (χ4n) is 7.41. The Morgan fingerprint density at radius 2 is 1.56 bits per heavy atom. The number of amides is 7. The first-order chi connectivity index (χ1) is 23.6. The molecule has 3 fully saturated rings. The van der Waals surface area contributed by atoms with Crippen LogP contribution in [-0.2, 0) is 28.8 Å². The summed E-state index contributed by atoms with van der Waals surface area (Å²) in [7, 11) is 0. The van der Waals surface area contributed by atoms with Crippen molar-refractivity contribution >= 4 is 41.4 Å². The number of hydrogen-bond acceptors (Lipinski definition) is 7. The number of nitrogens with zero attached hydrogens (tertiary/aromatic N) is 2. The molecular weight excluding hydrogens is 640 g/mol. The van der Waals surface area contributed by atoms with Crippen LogP contribution in [0.1, 0.15) is 112 Å². The van der Waals surface area contributed by atoms with Crippen LogP contribution < -0.4 is 21.3 Å². The van der Waals surface area contributed by atoms with Crippen molar-refractivity contribution in [2.24, 2.45) is 23.2 Å². The second-order valence-corrected chi connectivity index (χ2v) is 15.5. The van der Waals surface area contributed by atoms with E-state index in [2.05, 4.69) is 27.8 Å². The lowest BCUT2D eigenvalue weighted by Crippen LogP contribution is -2.62. The van der Waals surface area contributed by atoms with Crippen LogP contribution in [0.4, 0.5) is 4.79 Å². The Bertz CT molecular complexity index is 1260. The van der Waals surface area contributed by atoms with Crippen molar-refractivity contribution in [3.8, 4) is 0 Å². The standard InChI is InChI=1S/C37H60N6O7/c1-8-14-26(32(46)34(48)38-20-9-2)39-33(47)31-25(23(3)4)19-21-42(31)35(49)30(24-15-11-10-12-16-24)41-36(50)40-27(37(5,6)7)22-43-28(44)17-13-18-29(43)45/h9,23-27,30-31H,2,8,10-22H2,1,3-7H3,(H,38,48)(H,39,47)(H2,40,41,50)/t25?,26?,27-,30+,31+/m1/s1. The topological polar surface area (TPSA) is 174 Å². The van der Waals surface area contributed by atoms with Gasteiger partial charge in [0.2, 0.25) is 29.4 Å². The van der Waals surface area contributed by atoms with Gasteiger partial charge in [-0.25, -0.2) is 4.79 Å². The maximum atomic E-state index is 14.6. The SMILES string of the molecule is C=CCNC(=O)C(=O)C(CCC)NC(=O)[C@@H]1C(C(C)C)CCN1C(=O)[C@@H](NC(=O)N[C@H](CN1C(=O)CCCC1=O)C(C)(C)C)C1CCCCC1. The molecule has 3 rings (SSSR count). The van der Waals surface area contributed by atoms with E-state index >= 15 is 0 Å². The minimum absolute atomic E-state index is 0.0321. The highest BCUT2D eigenvalue weighted by Gasteiger charge is 2.47. The molecule has 13 heteroatoms. The molecule has 1 saturated carbocycles. The molecule has 4 N–H and O–H groups in total. The summed E-state index contributed by atoms with van der Waals surface area (Å²) in [6.45, 7) is 15.6. The molecule has 3 aliphatic rings. The predicted octanol–water partition coefficient (Wildman–Crippen LogP) is 3.22. The van der Waals surface area contributed by atoms with Gasteiger partial charge in [0, 0.05) is 32.5 Å². The van der Waals surface area contributed by atoms with Crippen LogP contribution in [0.25, 0.3) is 0 Å². The highest BCUT2D eigenvalue weighted by atomic mass is 16.2. The van der Waals surface area contributed by atoms with Crippen molar-refractivity contribution in [3.05, 3.63) is 12.7 Å². The predicted molar refractivity (Wildman–Crippen MR) is 189 cm³/mol. The van der Waals surface area contributed by atoms with Gasteiger partial charge < -0.3 is 26.2 Å². The molecule has 2 saturated heterocycles. The number of ketones is 1. The van der Waals surface area contributed by atoms with E-state index in [0.717, 1.165) is 32.1 Å². The molecule has 280 valence electrons. The Morgan fingerprint density at radius 3 is 2.12 bits per heavy atom. The van der Waals surface area contributed by atoms with Crippen molar-refractivity contribution in [2.45, 2.75) is 136 Å². The third-order valence-corrected chi connectivity index (χ3v) is 10.5. The van der Waals surface area contributed by atoms with Gasteiger partial charge in [-0.15, -0.1) is 6.58 Å².